The second-order valence-electron chi connectivity index (χ2n) is 6.74. The molecule has 0 saturated carbocycles. The van der Waals surface area contributed by atoms with Gasteiger partial charge in [-0.3, -0.25) is 4.79 Å². The highest BCUT2D eigenvalue weighted by Gasteiger charge is 2.17. The number of carbonyl (C=O) groups excluding carboxylic acids is 1. The molecule has 2 aromatic rings. The average molecular weight is 318 g/mol. The number of esters is 1. The first kappa shape index (κ1) is 17.5. The van der Waals surface area contributed by atoms with Crippen LogP contribution in [0.4, 0.5) is 0 Å². The molecule has 0 saturated heterocycles. The van der Waals surface area contributed by atoms with E-state index in [4.69, 9.17) is 4.74 Å². The van der Waals surface area contributed by atoms with Gasteiger partial charge in [-0.05, 0) is 44.2 Å². The van der Waals surface area contributed by atoms with Gasteiger partial charge < -0.3 is 20.1 Å². The summed E-state index contributed by atoms with van der Waals surface area (Å²) in [6.45, 7) is 6.18. The minimum atomic E-state index is -0.470. The van der Waals surface area contributed by atoms with E-state index in [1.54, 1.807) is 0 Å². The third-order valence-electron chi connectivity index (χ3n) is 3.59. The Morgan fingerprint density at radius 2 is 2.13 bits per heavy atom. The van der Waals surface area contributed by atoms with E-state index in [0.717, 1.165) is 11.1 Å². The van der Waals surface area contributed by atoms with Crippen molar-refractivity contribution in [3.05, 3.63) is 36.0 Å². The summed E-state index contributed by atoms with van der Waals surface area (Å²) in [5.74, 6) is -0.232. The van der Waals surface area contributed by atoms with Gasteiger partial charge in [0, 0.05) is 30.7 Å². The number of ether oxygens (including phenoxy) is 1. The lowest BCUT2D eigenvalue weighted by molar-refractivity contribution is -0.155. The predicted octanol–water partition coefficient (Wildman–Crippen LogP) is 2.74. The van der Waals surface area contributed by atoms with Gasteiger partial charge in [0.2, 0.25) is 0 Å². The smallest absolute Gasteiger partial charge is 0.306 e. The summed E-state index contributed by atoms with van der Waals surface area (Å²) in [6.07, 6.45) is 2.76. The van der Waals surface area contributed by atoms with Crippen molar-refractivity contribution in [1.82, 2.24) is 10.3 Å². The van der Waals surface area contributed by atoms with E-state index in [9.17, 15) is 9.90 Å². The fraction of sp³-hybridized carbons (Fsp3) is 0.500. The number of carbonyl (C=O) groups is 1. The molecule has 1 unspecified atom stereocenters. The molecule has 1 heterocycles. The fourth-order valence-corrected chi connectivity index (χ4v) is 2.49. The molecular weight excluding hydrogens is 292 g/mol. The molecular formula is C18H26N2O3. The van der Waals surface area contributed by atoms with Gasteiger partial charge in [0.1, 0.15) is 5.60 Å². The molecule has 0 bridgehead atoms. The van der Waals surface area contributed by atoms with Crippen molar-refractivity contribution in [2.24, 2.45) is 0 Å². The summed E-state index contributed by atoms with van der Waals surface area (Å²) in [5, 5.41) is 14.0. The largest absolute Gasteiger partial charge is 0.460 e. The van der Waals surface area contributed by atoms with Crippen LogP contribution in [-0.4, -0.2) is 34.3 Å². The van der Waals surface area contributed by atoms with Crippen LogP contribution in [0.5, 0.6) is 0 Å². The number of H-pyrrole nitrogens is 1. The fourth-order valence-electron chi connectivity index (χ4n) is 2.49. The lowest BCUT2D eigenvalue weighted by Gasteiger charge is -2.21. The number of hydrogen-bond donors (Lipinski definition) is 3. The Hall–Kier alpha value is -1.85. The molecule has 1 aromatic heterocycles. The second kappa shape index (κ2) is 7.62. The van der Waals surface area contributed by atoms with E-state index >= 15 is 0 Å². The van der Waals surface area contributed by atoms with Crippen LogP contribution in [0.3, 0.4) is 0 Å². The summed E-state index contributed by atoms with van der Waals surface area (Å²) in [4.78, 5) is 15.0. The number of benzene rings is 1. The summed E-state index contributed by atoms with van der Waals surface area (Å²) in [5.41, 5.74) is 1.77. The summed E-state index contributed by atoms with van der Waals surface area (Å²) in [6, 6.07) is 8.02. The van der Waals surface area contributed by atoms with Crippen molar-refractivity contribution in [3.8, 4) is 0 Å². The maximum absolute atomic E-state index is 11.8. The Morgan fingerprint density at radius 1 is 1.35 bits per heavy atom. The van der Waals surface area contributed by atoms with Gasteiger partial charge in [-0.2, -0.15) is 0 Å². The molecule has 0 amide bonds. The van der Waals surface area contributed by atoms with Crippen LogP contribution in [0.25, 0.3) is 10.9 Å². The normalized spacial score (nSPS) is 13.2. The van der Waals surface area contributed by atoms with E-state index in [1.165, 1.54) is 5.39 Å². The van der Waals surface area contributed by atoms with E-state index < -0.39 is 5.60 Å². The molecule has 0 aliphatic heterocycles. The average Bonchev–Trinajstić information content (AvgIpc) is 2.94. The molecule has 0 fully saturated rings. The minimum absolute atomic E-state index is 0.0104. The Morgan fingerprint density at radius 3 is 2.83 bits per heavy atom. The Balaban J connectivity index is 1.85. The van der Waals surface area contributed by atoms with Gasteiger partial charge in [0.05, 0.1) is 6.61 Å². The molecule has 1 aromatic carbocycles. The number of nitrogens with one attached hydrogen (secondary N) is 2. The molecule has 0 radical (unpaired) electrons. The van der Waals surface area contributed by atoms with E-state index in [2.05, 4.69) is 16.4 Å². The van der Waals surface area contributed by atoms with Crippen molar-refractivity contribution < 1.29 is 14.6 Å². The molecule has 0 aliphatic carbocycles. The van der Waals surface area contributed by atoms with Crippen LogP contribution in [-0.2, 0) is 16.1 Å². The maximum atomic E-state index is 11.8. The molecule has 5 nitrogen and oxygen atoms in total. The quantitative estimate of drug-likeness (QED) is 0.686. The van der Waals surface area contributed by atoms with Crippen molar-refractivity contribution >= 4 is 16.9 Å². The number of para-hydroxylation sites is 1. The van der Waals surface area contributed by atoms with Gasteiger partial charge in [-0.25, -0.2) is 0 Å². The van der Waals surface area contributed by atoms with Crippen molar-refractivity contribution in [3.63, 3.8) is 0 Å². The van der Waals surface area contributed by atoms with Gasteiger partial charge in [-0.15, -0.1) is 0 Å². The first-order valence-corrected chi connectivity index (χ1v) is 8.00. The molecule has 5 heteroatoms. The summed E-state index contributed by atoms with van der Waals surface area (Å²) in [7, 11) is 0. The molecule has 1 atom stereocenters. The van der Waals surface area contributed by atoms with Crippen LogP contribution in [0.15, 0.2) is 30.5 Å². The molecule has 0 spiro atoms. The van der Waals surface area contributed by atoms with Gasteiger partial charge in [0.25, 0.3) is 0 Å². The molecule has 3 N–H and O–H groups in total. The lowest BCUT2D eigenvalue weighted by Crippen LogP contribution is -2.33. The highest BCUT2D eigenvalue weighted by molar-refractivity contribution is 5.82. The van der Waals surface area contributed by atoms with Gasteiger partial charge in [0.15, 0.2) is 0 Å². The maximum Gasteiger partial charge on any atom is 0.306 e. The number of aliphatic hydroxyl groups is 1. The highest BCUT2D eigenvalue weighted by atomic mass is 16.6. The summed E-state index contributed by atoms with van der Waals surface area (Å²) < 4.78 is 5.29. The van der Waals surface area contributed by atoms with Crippen molar-refractivity contribution in [2.75, 3.05) is 6.61 Å². The number of aromatic nitrogens is 1. The van der Waals surface area contributed by atoms with Gasteiger partial charge >= 0.3 is 5.97 Å². The highest BCUT2D eigenvalue weighted by Crippen LogP contribution is 2.17. The second-order valence-corrected chi connectivity index (χ2v) is 6.74. The van der Waals surface area contributed by atoms with Crippen LogP contribution in [0.2, 0.25) is 0 Å². The first-order valence-electron chi connectivity index (χ1n) is 8.00. The van der Waals surface area contributed by atoms with Crippen molar-refractivity contribution in [2.45, 2.75) is 51.8 Å². The monoisotopic (exact) mass is 318 g/mol. The molecule has 23 heavy (non-hydrogen) atoms. The zero-order chi connectivity index (χ0) is 16.9. The zero-order valence-electron chi connectivity index (χ0n) is 14.1. The van der Waals surface area contributed by atoms with Crippen LogP contribution in [0, 0.1) is 0 Å². The molecule has 0 aliphatic rings. The topological polar surface area (TPSA) is 74.3 Å². The number of aliphatic hydroxyl groups excluding tert-OH is 1. The first-order chi connectivity index (χ1) is 10.9. The molecule has 2 rings (SSSR count). The third kappa shape index (κ3) is 5.37. The Bertz CT molecular complexity index is 643. The Kier molecular flexibility index (Phi) is 5.80. The zero-order valence-corrected chi connectivity index (χ0v) is 14.1. The molecule has 126 valence electrons. The van der Waals surface area contributed by atoms with E-state index in [0.29, 0.717) is 19.4 Å². The SMILES string of the molecule is CC(C)(C)OC(=O)CCC(CO)NCc1cccc2cc[nH]c12. The summed E-state index contributed by atoms with van der Waals surface area (Å²) >= 11 is 0. The number of hydrogen-bond acceptors (Lipinski definition) is 4. The van der Waals surface area contributed by atoms with E-state index in [-0.39, 0.29) is 18.6 Å². The van der Waals surface area contributed by atoms with Crippen LogP contribution in [0.1, 0.15) is 39.2 Å². The standard InChI is InChI=1S/C18H26N2O3/c1-18(2,3)23-16(22)8-7-15(12-21)20-11-14-6-4-5-13-9-10-19-17(13)14/h4-6,9-10,15,19-21H,7-8,11-12H2,1-3H3. The number of rotatable bonds is 7. The van der Waals surface area contributed by atoms with Gasteiger partial charge in [-0.1, -0.05) is 18.2 Å². The lowest BCUT2D eigenvalue weighted by atomic mass is 10.1. The van der Waals surface area contributed by atoms with E-state index in [1.807, 2.05) is 45.2 Å². The Labute approximate surface area is 137 Å². The van der Waals surface area contributed by atoms with Crippen LogP contribution >= 0.6 is 0 Å². The number of aromatic amines is 1. The van der Waals surface area contributed by atoms with Crippen molar-refractivity contribution in [1.29, 1.82) is 0 Å². The minimum Gasteiger partial charge on any atom is -0.460 e. The number of fused-ring (bicyclic) bond motifs is 1. The third-order valence-corrected chi connectivity index (χ3v) is 3.59. The predicted molar refractivity (Wildman–Crippen MR) is 91.1 cm³/mol. The van der Waals surface area contributed by atoms with Crippen LogP contribution < -0.4 is 5.32 Å².